The van der Waals surface area contributed by atoms with Gasteiger partial charge in [-0.2, -0.15) is 4.31 Å². The number of amides is 1. The molecule has 4 rings (SSSR count). The topological polar surface area (TPSA) is 92.5 Å². The highest BCUT2D eigenvalue weighted by molar-refractivity contribution is 7.89. The summed E-state index contributed by atoms with van der Waals surface area (Å²) >= 11 is 0. The van der Waals surface area contributed by atoms with E-state index in [0.717, 1.165) is 33.5 Å². The highest BCUT2D eigenvalue weighted by Crippen LogP contribution is 2.31. The van der Waals surface area contributed by atoms with Gasteiger partial charge in [0.05, 0.1) is 5.92 Å². The minimum atomic E-state index is -3.92. The van der Waals surface area contributed by atoms with Crippen LogP contribution < -0.4 is 5.32 Å². The zero-order valence-corrected chi connectivity index (χ0v) is 23.2. The number of rotatable bonds is 6. The summed E-state index contributed by atoms with van der Waals surface area (Å²) in [6.07, 6.45) is 4.78. The lowest BCUT2D eigenvalue weighted by atomic mass is 9.98. The van der Waals surface area contributed by atoms with Crippen LogP contribution >= 0.6 is 0 Å². The van der Waals surface area contributed by atoms with Gasteiger partial charge in [0.1, 0.15) is 5.69 Å². The zero-order chi connectivity index (χ0) is 26.9. The first kappa shape index (κ1) is 26.8. The Morgan fingerprint density at radius 3 is 2.32 bits per heavy atom. The van der Waals surface area contributed by atoms with Gasteiger partial charge in [-0.15, -0.1) is 0 Å². The molecule has 0 spiro atoms. The number of para-hydroxylation sites is 1. The van der Waals surface area contributed by atoms with E-state index in [1.807, 2.05) is 58.9 Å². The molecule has 1 saturated heterocycles. The minimum absolute atomic E-state index is 0.0574. The molecule has 2 aromatic carbocycles. The Kier molecular flexibility index (Phi) is 7.71. The van der Waals surface area contributed by atoms with Gasteiger partial charge in [-0.05, 0) is 88.3 Å². The van der Waals surface area contributed by atoms with Gasteiger partial charge in [0.25, 0.3) is 0 Å². The Morgan fingerprint density at radius 1 is 1.03 bits per heavy atom. The number of aromatic nitrogens is 1. The van der Waals surface area contributed by atoms with Crippen molar-refractivity contribution in [1.82, 2.24) is 9.46 Å². The van der Waals surface area contributed by atoms with Gasteiger partial charge in [0.2, 0.25) is 15.9 Å². The number of piperidine rings is 1. The van der Waals surface area contributed by atoms with Crippen molar-refractivity contribution in [1.29, 1.82) is 0 Å². The molecule has 0 saturated carbocycles. The van der Waals surface area contributed by atoms with E-state index in [1.165, 1.54) is 9.87 Å². The fraction of sp³-hybridized carbons (Fsp3) is 0.379. The highest BCUT2D eigenvalue weighted by atomic mass is 32.2. The Balaban J connectivity index is 1.58. The molecule has 1 N–H and O–H groups in total. The lowest BCUT2D eigenvalue weighted by molar-refractivity contribution is -0.120. The largest absolute Gasteiger partial charge is 0.355 e. The maximum atomic E-state index is 13.8. The number of carbonyl (C=O) groups excluding carboxylic acids is 1. The van der Waals surface area contributed by atoms with Crippen molar-refractivity contribution >= 4 is 33.8 Å². The van der Waals surface area contributed by atoms with Crippen molar-refractivity contribution in [2.24, 2.45) is 5.92 Å². The molecule has 3 aromatic rings. The second-order valence-electron chi connectivity index (χ2n) is 10.1. The summed E-state index contributed by atoms with van der Waals surface area (Å²) in [5, 5.41) is 7.00. The molecular formula is C29H35N3O4S. The number of aryl methyl sites for hydroxylation is 6. The molecule has 1 fully saturated rings. The van der Waals surface area contributed by atoms with E-state index < -0.39 is 15.9 Å². The van der Waals surface area contributed by atoms with Gasteiger partial charge in [0, 0.05) is 18.8 Å². The molecule has 0 unspecified atom stereocenters. The van der Waals surface area contributed by atoms with E-state index in [-0.39, 0.29) is 23.1 Å². The van der Waals surface area contributed by atoms with Crippen LogP contribution in [0.1, 0.15) is 57.7 Å². The zero-order valence-electron chi connectivity index (χ0n) is 22.4. The first-order valence-electron chi connectivity index (χ1n) is 12.6. The van der Waals surface area contributed by atoms with E-state index in [2.05, 4.69) is 22.6 Å². The first-order valence-corrected chi connectivity index (χ1v) is 14.0. The van der Waals surface area contributed by atoms with Crippen molar-refractivity contribution in [2.45, 2.75) is 59.3 Å². The molecule has 1 aromatic heterocycles. The summed E-state index contributed by atoms with van der Waals surface area (Å²) < 4.78 is 34.4. The fourth-order valence-electron chi connectivity index (χ4n) is 5.15. The van der Waals surface area contributed by atoms with Crippen molar-refractivity contribution < 1.29 is 17.7 Å². The Bertz CT molecular complexity index is 1430. The van der Waals surface area contributed by atoms with Crippen LogP contribution in [-0.4, -0.2) is 36.9 Å². The smallest absolute Gasteiger partial charge is 0.248 e. The number of hydrogen-bond acceptors (Lipinski definition) is 5. The summed E-state index contributed by atoms with van der Waals surface area (Å²) in [5.74, 6) is -0.414. The Labute approximate surface area is 219 Å². The molecule has 1 atom stereocenters. The van der Waals surface area contributed by atoms with Crippen LogP contribution in [-0.2, 0) is 14.8 Å². The Morgan fingerprint density at radius 2 is 1.68 bits per heavy atom. The van der Waals surface area contributed by atoms with Crippen LogP contribution in [0.3, 0.4) is 0 Å². The first-order chi connectivity index (χ1) is 17.5. The average Bonchev–Trinajstić information content (AvgIpc) is 3.21. The van der Waals surface area contributed by atoms with Crippen LogP contribution in [0.2, 0.25) is 0 Å². The second kappa shape index (κ2) is 10.6. The van der Waals surface area contributed by atoms with Crippen molar-refractivity contribution in [3.05, 3.63) is 75.2 Å². The normalized spacial score (nSPS) is 16.9. The molecular weight excluding hydrogens is 486 g/mol. The standard InChI is InChI=1S/C29H35N3O4S/c1-18-15-21(4)25(22(5)16-18)12-13-26-28(23(6)31-36-26)37(34,35)32-14-8-11-24(17-32)29(33)30-27-19(2)9-7-10-20(27)3/h7,9-10,12-13,15-16,24H,8,11,14,17H2,1-6H3,(H,30,33)/b13-12+/t24-/m1/s1. The van der Waals surface area contributed by atoms with E-state index >= 15 is 0 Å². The fourth-order valence-corrected chi connectivity index (χ4v) is 6.93. The molecule has 8 heteroatoms. The van der Waals surface area contributed by atoms with E-state index in [0.29, 0.717) is 25.1 Å². The third-order valence-corrected chi connectivity index (χ3v) is 9.08. The minimum Gasteiger partial charge on any atom is -0.355 e. The van der Waals surface area contributed by atoms with Gasteiger partial charge >= 0.3 is 0 Å². The quantitative estimate of drug-likeness (QED) is 0.447. The molecule has 2 heterocycles. The third-order valence-electron chi connectivity index (χ3n) is 7.05. The molecule has 1 amide bonds. The molecule has 0 aliphatic carbocycles. The van der Waals surface area contributed by atoms with Crippen LogP contribution in [0.4, 0.5) is 5.69 Å². The average molecular weight is 522 g/mol. The van der Waals surface area contributed by atoms with Gasteiger partial charge in [0.15, 0.2) is 10.7 Å². The number of hydrogen-bond donors (Lipinski definition) is 1. The summed E-state index contributed by atoms with van der Waals surface area (Å²) in [5.41, 5.74) is 7.44. The lowest BCUT2D eigenvalue weighted by Gasteiger charge is -2.31. The maximum Gasteiger partial charge on any atom is 0.248 e. The molecule has 1 aliphatic rings. The predicted octanol–water partition coefficient (Wildman–Crippen LogP) is 5.73. The molecule has 37 heavy (non-hydrogen) atoms. The molecule has 0 bridgehead atoms. The van der Waals surface area contributed by atoms with E-state index in [4.69, 9.17) is 4.52 Å². The Hall–Kier alpha value is -3.23. The van der Waals surface area contributed by atoms with Gasteiger partial charge in [-0.1, -0.05) is 47.1 Å². The van der Waals surface area contributed by atoms with Crippen LogP contribution in [0.5, 0.6) is 0 Å². The molecule has 7 nitrogen and oxygen atoms in total. The van der Waals surface area contributed by atoms with E-state index in [1.54, 1.807) is 13.0 Å². The number of carbonyl (C=O) groups is 1. The summed E-state index contributed by atoms with van der Waals surface area (Å²) in [6.45, 7) is 12.1. The van der Waals surface area contributed by atoms with Crippen molar-refractivity contribution in [3.63, 3.8) is 0 Å². The van der Waals surface area contributed by atoms with Gasteiger partial charge in [-0.3, -0.25) is 4.79 Å². The maximum absolute atomic E-state index is 13.8. The number of benzene rings is 2. The predicted molar refractivity (Wildman–Crippen MR) is 147 cm³/mol. The van der Waals surface area contributed by atoms with Crippen LogP contribution in [0, 0.1) is 47.5 Å². The van der Waals surface area contributed by atoms with Gasteiger partial charge < -0.3 is 9.84 Å². The number of sulfonamides is 1. The lowest BCUT2D eigenvalue weighted by Crippen LogP contribution is -2.44. The summed E-state index contributed by atoms with van der Waals surface area (Å²) in [6, 6.07) is 10.0. The number of anilines is 1. The van der Waals surface area contributed by atoms with E-state index in [9.17, 15) is 13.2 Å². The van der Waals surface area contributed by atoms with Gasteiger partial charge in [-0.25, -0.2) is 8.42 Å². The molecule has 0 radical (unpaired) electrons. The van der Waals surface area contributed by atoms with Crippen LogP contribution in [0.25, 0.3) is 12.2 Å². The molecule has 1 aliphatic heterocycles. The SMILES string of the molecule is Cc1cc(C)c(/C=C/c2onc(C)c2S(=O)(=O)N2CCC[C@@H](C(=O)Nc3c(C)cccc3C)C2)c(C)c1. The second-order valence-corrected chi connectivity index (χ2v) is 11.9. The number of nitrogens with zero attached hydrogens (tertiary/aromatic N) is 2. The monoisotopic (exact) mass is 521 g/mol. The number of nitrogens with one attached hydrogen (secondary N) is 1. The van der Waals surface area contributed by atoms with Crippen molar-refractivity contribution in [3.8, 4) is 0 Å². The molecule has 196 valence electrons. The summed E-state index contributed by atoms with van der Waals surface area (Å²) in [4.78, 5) is 13.2. The summed E-state index contributed by atoms with van der Waals surface area (Å²) in [7, 11) is -3.92. The highest BCUT2D eigenvalue weighted by Gasteiger charge is 2.37. The third kappa shape index (κ3) is 5.55. The van der Waals surface area contributed by atoms with Crippen LogP contribution in [0.15, 0.2) is 39.8 Å². The van der Waals surface area contributed by atoms with Crippen molar-refractivity contribution in [2.75, 3.05) is 18.4 Å².